The maximum absolute atomic E-state index is 10.9. The Morgan fingerprint density at radius 1 is 1.54 bits per heavy atom. The average Bonchev–Trinajstić information content (AvgIpc) is 2.13. The number of carbonyl (C=O) groups is 1. The van der Waals surface area contributed by atoms with Crippen molar-refractivity contribution in [2.75, 3.05) is 33.4 Å². The van der Waals surface area contributed by atoms with E-state index in [2.05, 4.69) is 5.32 Å². The molecule has 0 fully saturated rings. The molecule has 0 aliphatic heterocycles. The highest BCUT2D eigenvalue weighted by Gasteiger charge is 2.00. The van der Waals surface area contributed by atoms with E-state index in [-0.39, 0.29) is 25.5 Å². The molecule has 0 rings (SSSR count). The van der Waals surface area contributed by atoms with Crippen LogP contribution in [0, 0.1) is 11.3 Å². The van der Waals surface area contributed by atoms with Crippen LogP contribution in [0.15, 0.2) is 0 Å². The van der Waals surface area contributed by atoms with Crippen molar-refractivity contribution < 1.29 is 14.3 Å². The van der Waals surface area contributed by atoms with Gasteiger partial charge in [0.25, 0.3) is 0 Å². The first kappa shape index (κ1) is 11.9. The van der Waals surface area contributed by atoms with Crippen LogP contribution < -0.4 is 5.32 Å². The van der Waals surface area contributed by atoms with E-state index in [1.807, 2.05) is 6.07 Å². The van der Waals surface area contributed by atoms with Crippen LogP contribution in [-0.2, 0) is 14.3 Å². The molecule has 0 spiro atoms. The Morgan fingerprint density at radius 2 is 2.31 bits per heavy atom. The molecular weight excluding hydrogens is 172 g/mol. The Morgan fingerprint density at radius 3 is 2.92 bits per heavy atom. The molecule has 74 valence electrons. The molecule has 0 aromatic rings. The van der Waals surface area contributed by atoms with Crippen LogP contribution in [0.3, 0.4) is 0 Å². The third kappa shape index (κ3) is 8.79. The van der Waals surface area contributed by atoms with E-state index in [0.29, 0.717) is 13.2 Å². The molecule has 0 aromatic heterocycles. The molecule has 0 heterocycles. The van der Waals surface area contributed by atoms with Gasteiger partial charge in [0.15, 0.2) is 0 Å². The minimum absolute atomic E-state index is 0.255. The van der Waals surface area contributed by atoms with E-state index < -0.39 is 0 Å². The van der Waals surface area contributed by atoms with Crippen LogP contribution in [0.5, 0.6) is 0 Å². The predicted molar refractivity (Wildman–Crippen MR) is 45.9 cm³/mol. The van der Waals surface area contributed by atoms with Gasteiger partial charge in [0.2, 0.25) is 0 Å². The lowest BCUT2D eigenvalue weighted by Crippen LogP contribution is -2.20. The van der Waals surface area contributed by atoms with Gasteiger partial charge in [-0.15, -0.1) is 0 Å². The van der Waals surface area contributed by atoms with Gasteiger partial charge in [0.1, 0.15) is 6.61 Å². The van der Waals surface area contributed by atoms with Gasteiger partial charge in [0, 0.05) is 13.7 Å². The quantitative estimate of drug-likeness (QED) is 0.335. The Balaban J connectivity index is 3.16. The Hall–Kier alpha value is -1.12. The number of methoxy groups -OCH3 is 1. The summed E-state index contributed by atoms with van der Waals surface area (Å²) in [7, 11) is 1.54. The number of hydrogen-bond donors (Lipinski definition) is 1. The first-order chi connectivity index (χ1) is 6.31. The molecular formula is C8H14N2O3. The number of nitrogens with zero attached hydrogens (tertiary/aromatic N) is 1. The molecule has 0 radical (unpaired) electrons. The molecule has 1 N–H and O–H groups in total. The molecule has 5 heteroatoms. The maximum Gasteiger partial charge on any atom is 0.307 e. The summed E-state index contributed by atoms with van der Waals surface area (Å²) in [6.07, 6.45) is 0.283. The summed E-state index contributed by atoms with van der Waals surface area (Å²) in [6.45, 7) is 1.43. The molecule has 0 aromatic carbocycles. The van der Waals surface area contributed by atoms with Crippen molar-refractivity contribution in [1.29, 1.82) is 5.26 Å². The van der Waals surface area contributed by atoms with Gasteiger partial charge in [0.05, 0.1) is 25.6 Å². The summed E-state index contributed by atoms with van der Waals surface area (Å²) >= 11 is 0. The monoisotopic (exact) mass is 186 g/mol. The standard InChI is InChI=1S/C8H14N2O3/c1-12-6-7-13-8(11)2-4-10-5-3-9/h10H,2,4-7H2,1H3. The SMILES string of the molecule is COCCOC(=O)CCNCC#N. The zero-order valence-corrected chi connectivity index (χ0v) is 7.71. The molecule has 0 atom stereocenters. The number of carbonyl (C=O) groups excluding carboxylic acids is 1. The lowest BCUT2D eigenvalue weighted by atomic mass is 10.4. The Kier molecular flexibility index (Phi) is 8.20. The minimum Gasteiger partial charge on any atom is -0.463 e. The van der Waals surface area contributed by atoms with Crippen LogP contribution in [-0.4, -0.2) is 39.4 Å². The highest BCUT2D eigenvalue weighted by Crippen LogP contribution is 1.84. The fourth-order valence-corrected chi connectivity index (χ4v) is 0.646. The summed E-state index contributed by atoms with van der Waals surface area (Å²) in [6, 6.07) is 1.91. The van der Waals surface area contributed by atoms with Gasteiger partial charge in [-0.1, -0.05) is 0 Å². The molecule has 0 bridgehead atoms. The number of ether oxygens (including phenoxy) is 2. The van der Waals surface area contributed by atoms with Crippen molar-refractivity contribution in [2.24, 2.45) is 0 Å². The molecule has 0 unspecified atom stereocenters. The van der Waals surface area contributed by atoms with Crippen LogP contribution in [0.1, 0.15) is 6.42 Å². The summed E-state index contributed by atoms with van der Waals surface area (Å²) in [4.78, 5) is 10.9. The second-order valence-corrected chi connectivity index (χ2v) is 2.30. The minimum atomic E-state index is -0.275. The third-order valence-electron chi connectivity index (χ3n) is 1.26. The highest BCUT2D eigenvalue weighted by molar-refractivity contribution is 5.69. The lowest BCUT2D eigenvalue weighted by Gasteiger charge is -2.03. The first-order valence-corrected chi connectivity index (χ1v) is 4.03. The summed E-state index contributed by atoms with van der Waals surface area (Å²) < 4.78 is 9.48. The van der Waals surface area contributed by atoms with Gasteiger partial charge < -0.3 is 14.8 Å². The van der Waals surface area contributed by atoms with E-state index in [1.165, 1.54) is 0 Å². The predicted octanol–water partition coefficient (Wildman–Crippen LogP) is -0.321. The summed E-state index contributed by atoms with van der Waals surface area (Å²) in [5, 5.41) is 10.9. The van der Waals surface area contributed by atoms with Gasteiger partial charge in [-0.05, 0) is 0 Å². The van der Waals surface area contributed by atoms with E-state index in [9.17, 15) is 4.79 Å². The zero-order chi connectivity index (χ0) is 9.94. The molecule has 0 saturated carbocycles. The van der Waals surface area contributed by atoms with Gasteiger partial charge in [-0.25, -0.2) is 0 Å². The Labute approximate surface area is 77.6 Å². The molecule has 13 heavy (non-hydrogen) atoms. The van der Waals surface area contributed by atoms with Crippen molar-refractivity contribution >= 4 is 5.97 Å². The van der Waals surface area contributed by atoms with Crippen LogP contribution in [0.4, 0.5) is 0 Å². The topological polar surface area (TPSA) is 71.3 Å². The average molecular weight is 186 g/mol. The number of nitriles is 1. The molecule has 0 amide bonds. The molecule has 0 saturated heterocycles. The number of esters is 1. The molecule has 0 aliphatic rings. The van der Waals surface area contributed by atoms with E-state index in [4.69, 9.17) is 14.7 Å². The van der Waals surface area contributed by atoms with Crippen LogP contribution in [0.25, 0.3) is 0 Å². The van der Waals surface area contributed by atoms with Gasteiger partial charge >= 0.3 is 5.97 Å². The smallest absolute Gasteiger partial charge is 0.307 e. The maximum atomic E-state index is 10.9. The van der Waals surface area contributed by atoms with Gasteiger partial charge in [-0.3, -0.25) is 4.79 Å². The fraction of sp³-hybridized carbons (Fsp3) is 0.750. The van der Waals surface area contributed by atoms with E-state index in [1.54, 1.807) is 7.11 Å². The number of rotatable bonds is 7. The van der Waals surface area contributed by atoms with Crippen molar-refractivity contribution in [3.05, 3.63) is 0 Å². The lowest BCUT2D eigenvalue weighted by molar-refractivity contribution is -0.144. The normalized spacial score (nSPS) is 9.23. The van der Waals surface area contributed by atoms with Gasteiger partial charge in [-0.2, -0.15) is 5.26 Å². The van der Waals surface area contributed by atoms with Crippen molar-refractivity contribution in [3.63, 3.8) is 0 Å². The van der Waals surface area contributed by atoms with Crippen molar-refractivity contribution in [2.45, 2.75) is 6.42 Å². The van der Waals surface area contributed by atoms with Crippen molar-refractivity contribution in [3.8, 4) is 6.07 Å². The Bertz CT molecular complexity index is 177. The molecule has 5 nitrogen and oxygen atoms in total. The van der Waals surface area contributed by atoms with E-state index in [0.717, 1.165) is 0 Å². The van der Waals surface area contributed by atoms with Crippen LogP contribution >= 0.6 is 0 Å². The third-order valence-corrected chi connectivity index (χ3v) is 1.26. The number of hydrogen-bond acceptors (Lipinski definition) is 5. The second-order valence-electron chi connectivity index (χ2n) is 2.30. The van der Waals surface area contributed by atoms with Crippen LogP contribution in [0.2, 0.25) is 0 Å². The van der Waals surface area contributed by atoms with Crippen molar-refractivity contribution in [1.82, 2.24) is 5.32 Å². The summed E-state index contributed by atoms with van der Waals surface area (Å²) in [5.41, 5.74) is 0. The largest absolute Gasteiger partial charge is 0.463 e. The number of nitrogens with one attached hydrogen (secondary N) is 1. The zero-order valence-electron chi connectivity index (χ0n) is 7.71. The highest BCUT2D eigenvalue weighted by atomic mass is 16.6. The summed E-state index contributed by atoms with van der Waals surface area (Å²) in [5.74, 6) is -0.275. The fourth-order valence-electron chi connectivity index (χ4n) is 0.646. The second kappa shape index (κ2) is 8.97. The molecule has 0 aliphatic carbocycles. The van der Waals surface area contributed by atoms with E-state index >= 15 is 0 Å². The first-order valence-electron chi connectivity index (χ1n) is 4.03.